The van der Waals surface area contributed by atoms with Gasteiger partial charge >= 0.3 is 17.6 Å². The van der Waals surface area contributed by atoms with Crippen LogP contribution in [0.4, 0.5) is 5.69 Å². The van der Waals surface area contributed by atoms with Crippen molar-refractivity contribution in [2.24, 2.45) is 5.92 Å². The van der Waals surface area contributed by atoms with E-state index in [1.54, 1.807) is 0 Å². The lowest BCUT2D eigenvalue weighted by Crippen LogP contribution is -2.12. The quantitative estimate of drug-likeness (QED) is 0.0485. The van der Waals surface area contributed by atoms with Crippen LogP contribution in [-0.2, 0) is 4.74 Å². The number of benzene rings is 2. The molecule has 1 atom stereocenters. The number of carbonyl (C=O) groups is 2. The Morgan fingerprint density at radius 3 is 1.90 bits per heavy atom. The number of esters is 2. The first-order valence-corrected chi connectivity index (χ1v) is 15.3. The van der Waals surface area contributed by atoms with E-state index in [-0.39, 0.29) is 28.7 Å². The van der Waals surface area contributed by atoms with Gasteiger partial charge in [-0.3, -0.25) is 10.1 Å². The highest BCUT2D eigenvalue weighted by Crippen LogP contribution is 2.29. The molecule has 0 N–H and O–H groups in total. The number of nitrogens with zero attached hydrogens (tertiary/aromatic N) is 1. The Labute approximate surface area is 244 Å². The van der Waals surface area contributed by atoms with Gasteiger partial charge in [-0.05, 0) is 48.7 Å². The first kappa shape index (κ1) is 33.8. The topological polar surface area (TPSA) is 105 Å². The molecule has 8 nitrogen and oxygen atoms in total. The van der Waals surface area contributed by atoms with E-state index in [2.05, 4.69) is 6.92 Å². The number of rotatable bonds is 21. The molecule has 0 bridgehead atoms. The maximum atomic E-state index is 12.6. The minimum atomic E-state index is -0.743. The number of unbranched alkanes of at least 4 members (excludes halogenated alkanes) is 11. The van der Waals surface area contributed by atoms with Crippen molar-refractivity contribution in [1.82, 2.24) is 0 Å². The van der Waals surface area contributed by atoms with Crippen LogP contribution in [0.2, 0.25) is 0 Å². The molecular formula is C33H47NO7. The maximum Gasteiger partial charge on any atom is 0.343 e. The first-order valence-electron chi connectivity index (χ1n) is 15.3. The van der Waals surface area contributed by atoms with Gasteiger partial charge in [0.25, 0.3) is 0 Å². The highest BCUT2D eigenvalue weighted by atomic mass is 16.6. The summed E-state index contributed by atoms with van der Waals surface area (Å²) < 4.78 is 16.3. The standard InChI is InChI=1S/C33H47NO7/c1-4-6-7-8-9-10-11-12-13-14-15-16-23-39-31-22-19-28(24-30(31)34(37)38)33(36)41-29-20-17-27(18-21-29)32(35)40-25-26(3)5-2/h17-22,24,26H,4-16,23,25H2,1-3H3. The molecule has 1 unspecified atom stereocenters. The Hall–Kier alpha value is -3.42. The third-order valence-corrected chi connectivity index (χ3v) is 7.14. The number of hydrogen-bond acceptors (Lipinski definition) is 7. The molecule has 0 spiro atoms. The van der Waals surface area contributed by atoms with Crippen LogP contribution in [0, 0.1) is 16.0 Å². The average Bonchev–Trinajstić information content (AvgIpc) is 2.98. The van der Waals surface area contributed by atoms with Crippen LogP contribution in [0.3, 0.4) is 0 Å². The van der Waals surface area contributed by atoms with Crippen LogP contribution in [0.1, 0.15) is 125 Å². The summed E-state index contributed by atoms with van der Waals surface area (Å²) >= 11 is 0. The summed E-state index contributed by atoms with van der Waals surface area (Å²) in [5.41, 5.74) is 0.0997. The molecule has 0 aliphatic rings. The fourth-order valence-electron chi connectivity index (χ4n) is 4.28. The number of hydrogen-bond donors (Lipinski definition) is 0. The van der Waals surface area contributed by atoms with Gasteiger partial charge in [0.2, 0.25) is 0 Å². The van der Waals surface area contributed by atoms with Gasteiger partial charge in [-0.25, -0.2) is 9.59 Å². The van der Waals surface area contributed by atoms with Crippen LogP contribution < -0.4 is 9.47 Å². The van der Waals surface area contributed by atoms with Crippen molar-refractivity contribution in [3.63, 3.8) is 0 Å². The minimum Gasteiger partial charge on any atom is -0.487 e. The molecule has 0 aliphatic heterocycles. The second kappa shape index (κ2) is 19.6. The molecule has 2 aromatic rings. The zero-order valence-electron chi connectivity index (χ0n) is 25.0. The Kier molecular flexibility index (Phi) is 16.2. The highest BCUT2D eigenvalue weighted by molar-refractivity contribution is 5.93. The van der Waals surface area contributed by atoms with Gasteiger partial charge in [-0.2, -0.15) is 0 Å². The highest BCUT2D eigenvalue weighted by Gasteiger charge is 2.20. The SMILES string of the molecule is CCCCCCCCCCCCCCOc1ccc(C(=O)Oc2ccc(C(=O)OCC(C)CC)cc2)cc1[N+](=O)[O-]. The maximum absolute atomic E-state index is 12.6. The second-order valence-corrected chi connectivity index (χ2v) is 10.7. The van der Waals surface area contributed by atoms with Crippen molar-refractivity contribution in [3.05, 3.63) is 63.7 Å². The number of ether oxygens (including phenoxy) is 3. The van der Waals surface area contributed by atoms with Gasteiger partial charge in [0.05, 0.1) is 29.3 Å². The van der Waals surface area contributed by atoms with E-state index in [0.717, 1.165) is 25.7 Å². The van der Waals surface area contributed by atoms with E-state index >= 15 is 0 Å². The number of nitro benzene ring substituents is 1. The molecule has 226 valence electrons. The van der Waals surface area contributed by atoms with E-state index in [9.17, 15) is 19.7 Å². The molecule has 0 saturated carbocycles. The molecule has 0 saturated heterocycles. The summed E-state index contributed by atoms with van der Waals surface area (Å²) in [5, 5.41) is 11.6. The third kappa shape index (κ3) is 13.2. The zero-order chi connectivity index (χ0) is 29.9. The Morgan fingerprint density at radius 2 is 1.34 bits per heavy atom. The normalized spacial score (nSPS) is 11.6. The molecule has 0 fully saturated rings. The van der Waals surface area contributed by atoms with Crippen LogP contribution in [0.15, 0.2) is 42.5 Å². The van der Waals surface area contributed by atoms with E-state index in [0.29, 0.717) is 18.8 Å². The van der Waals surface area contributed by atoms with Crippen molar-refractivity contribution in [2.75, 3.05) is 13.2 Å². The molecule has 2 aromatic carbocycles. The molecule has 8 heteroatoms. The van der Waals surface area contributed by atoms with Gasteiger partial charge in [0.15, 0.2) is 5.75 Å². The fraction of sp³-hybridized carbons (Fsp3) is 0.576. The van der Waals surface area contributed by atoms with Crippen molar-refractivity contribution < 1.29 is 28.7 Å². The van der Waals surface area contributed by atoms with Gasteiger partial charge in [0, 0.05) is 6.07 Å². The summed E-state index contributed by atoms with van der Waals surface area (Å²) in [4.78, 5) is 35.9. The number of carbonyl (C=O) groups excluding carboxylic acids is 2. The largest absolute Gasteiger partial charge is 0.487 e. The van der Waals surface area contributed by atoms with Crippen LogP contribution >= 0.6 is 0 Å². The second-order valence-electron chi connectivity index (χ2n) is 10.7. The monoisotopic (exact) mass is 569 g/mol. The molecule has 0 aliphatic carbocycles. The van der Waals surface area contributed by atoms with Crippen molar-refractivity contribution in [3.8, 4) is 11.5 Å². The Bertz CT molecular complexity index is 1070. The Balaban J connectivity index is 1.76. The first-order chi connectivity index (χ1) is 19.8. The fourth-order valence-corrected chi connectivity index (χ4v) is 4.28. The van der Waals surface area contributed by atoms with E-state index < -0.39 is 16.9 Å². The van der Waals surface area contributed by atoms with Crippen molar-refractivity contribution >= 4 is 17.6 Å². The smallest absolute Gasteiger partial charge is 0.343 e. The minimum absolute atomic E-state index is 0.0338. The van der Waals surface area contributed by atoms with Crippen LogP contribution in [0.5, 0.6) is 11.5 Å². The lowest BCUT2D eigenvalue weighted by Gasteiger charge is -2.10. The summed E-state index contributed by atoms with van der Waals surface area (Å²) in [7, 11) is 0. The van der Waals surface area contributed by atoms with Crippen LogP contribution in [-0.4, -0.2) is 30.1 Å². The van der Waals surface area contributed by atoms with E-state index in [4.69, 9.17) is 14.2 Å². The molecule has 0 heterocycles. The molecule has 41 heavy (non-hydrogen) atoms. The zero-order valence-corrected chi connectivity index (χ0v) is 25.0. The molecular weight excluding hydrogens is 522 g/mol. The van der Waals surface area contributed by atoms with Crippen molar-refractivity contribution in [1.29, 1.82) is 0 Å². The third-order valence-electron chi connectivity index (χ3n) is 7.14. The van der Waals surface area contributed by atoms with Gasteiger partial charge in [-0.1, -0.05) is 97.8 Å². The average molecular weight is 570 g/mol. The van der Waals surface area contributed by atoms with Crippen molar-refractivity contribution in [2.45, 2.75) is 104 Å². The summed E-state index contributed by atoms with van der Waals surface area (Å²) in [5.74, 6) is -0.571. The molecule has 0 radical (unpaired) electrons. The lowest BCUT2D eigenvalue weighted by atomic mass is 10.1. The van der Waals surface area contributed by atoms with E-state index in [1.165, 1.54) is 100 Å². The predicted molar refractivity (Wildman–Crippen MR) is 161 cm³/mol. The van der Waals surface area contributed by atoms with Gasteiger partial charge < -0.3 is 14.2 Å². The molecule has 0 amide bonds. The number of nitro groups is 1. The Morgan fingerprint density at radius 1 is 0.780 bits per heavy atom. The summed E-state index contributed by atoms with van der Waals surface area (Å²) in [6.45, 7) is 6.98. The molecule has 0 aromatic heterocycles. The van der Waals surface area contributed by atoms with Crippen LogP contribution in [0.25, 0.3) is 0 Å². The molecule has 2 rings (SSSR count). The lowest BCUT2D eigenvalue weighted by molar-refractivity contribution is -0.385. The van der Waals surface area contributed by atoms with Gasteiger partial charge in [-0.15, -0.1) is 0 Å². The summed E-state index contributed by atoms with van der Waals surface area (Å²) in [6.07, 6.45) is 15.6. The van der Waals surface area contributed by atoms with E-state index in [1.807, 2.05) is 13.8 Å². The predicted octanol–water partition coefficient (Wildman–Crippen LogP) is 9.10. The summed E-state index contributed by atoms with van der Waals surface area (Å²) in [6, 6.07) is 10.0. The van der Waals surface area contributed by atoms with Gasteiger partial charge in [0.1, 0.15) is 5.75 Å².